The second-order valence-corrected chi connectivity index (χ2v) is 5.40. The van der Waals surface area contributed by atoms with Gasteiger partial charge in [-0.1, -0.05) is 24.7 Å². The summed E-state index contributed by atoms with van der Waals surface area (Å²) < 4.78 is 5.16. The number of methoxy groups -OCH3 is 1. The van der Waals surface area contributed by atoms with Crippen molar-refractivity contribution < 1.29 is 14.6 Å². The van der Waals surface area contributed by atoms with Crippen molar-refractivity contribution in [3.63, 3.8) is 0 Å². The third-order valence-electron chi connectivity index (χ3n) is 2.89. The minimum atomic E-state index is -0.886. The van der Waals surface area contributed by atoms with Crippen LogP contribution in [0.25, 0.3) is 0 Å². The summed E-state index contributed by atoms with van der Waals surface area (Å²) in [5.41, 5.74) is 0.693. The molecule has 1 aromatic heterocycles. The lowest BCUT2D eigenvalue weighted by Gasteiger charge is -2.26. The molecule has 0 saturated heterocycles. The van der Waals surface area contributed by atoms with Gasteiger partial charge < -0.3 is 14.7 Å². The topological polar surface area (TPSA) is 62.7 Å². The van der Waals surface area contributed by atoms with Gasteiger partial charge in [0.1, 0.15) is 4.88 Å². The molecule has 0 aliphatic heterocycles. The van der Waals surface area contributed by atoms with Crippen molar-refractivity contribution in [2.24, 2.45) is 0 Å². The van der Waals surface area contributed by atoms with Gasteiger partial charge in [-0.15, -0.1) is 0 Å². The fraction of sp³-hybridized carbons (Fsp3) is 0.692. The van der Waals surface area contributed by atoms with Gasteiger partial charge in [-0.2, -0.15) is 0 Å². The van der Waals surface area contributed by atoms with Gasteiger partial charge in [-0.3, -0.25) is 0 Å². The molecule has 0 saturated carbocycles. The Morgan fingerprint density at radius 3 is 2.68 bits per heavy atom. The molecule has 0 radical (unpaired) electrons. The number of aromatic carboxylic acids is 1. The number of carboxylic acid groups (broad SMARTS) is 1. The van der Waals surface area contributed by atoms with E-state index in [4.69, 9.17) is 4.74 Å². The number of aryl methyl sites for hydroxylation is 1. The normalized spacial score (nSPS) is 12.4. The van der Waals surface area contributed by atoms with Crippen LogP contribution < -0.4 is 4.90 Å². The van der Waals surface area contributed by atoms with E-state index in [0.29, 0.717) is 23.6 Å². The van der Waals surface area contributed by atoms with Crippen molar-refractivity contribution in [2.45, 2.75) is 39.7 Å². The Labute approximate surface area is 118 Å². The van der Waals surface area contributed by atoms with Gasteiger partial charge in [0.15, 0.2) is 5.13 Å². The highest BCUT2D eigenvalue weighted by Crippen LogP contribution is 2.28. The van der Waals surface area contributed by atoms with Crippen LogP contribution >= 0.6 is 11.3 Å². The third-order valence-corrected chi connectivity index (χ3v) is 4.02. The van der Waals surface area contributed by atoms with E-state index in [9.17, 15) is 9.90 Å². The molecule has 19 heavy (non-hydrogen) atoms. The first-order chi connectivity index (χ1) is 9.04. The first-order valence-corrected chi connectivity index (χ1v) is 7.35. The molecule has 0 spiro atoms. The standard InChI is InChI=1S/C13H22N2O3S/c1-5-7-10-11(12(16)17)19-13(14-10)15(6-2)9(3)8-18-4/h9H,5-8H2,1-4H3,(H,16,17). The van der Waals surface area contributed by atoms with Gasteiger partial charge in [-0.05, 0) is 20.3 Å². The molecule has 1 N–H and O–H groups in total. The van der Waals surface area contributed by atoms with E-state index in [0.717, 1.165) is 18.1 Å². The molecule has 0 aliphatic carbocycles. The molecule has 1 unspecified atom stereocenters. The van der Waals surface area contributed by atoms with Gasteiger partial charge in [0, 0.05) is 13.7 Å². The Morgan fingerprint density at radius 2 is 2.21 bits per heavy atom. The number of thiazole rings is 1. The summed E-state index contributed by atoms with van der Waals surface area (Å²) in [6, 6.07) is 0.178. The Hall–Kier alpha value is -1.14. The predicted molar refractivity (Wildman–Crippen MR) is 77.4 cm³/mol. The quantitative estimate of drug-likeness (QED) is 0.796. The molecule has 0 fully saturated rings. The van der Waals surface area contributed by atoms with E-state index in [1.165, 1.54) is 11.3 Å². The monoisotopic (exact) mass is 286 g/mol. The van der Waals surface area contributed by atoms with Crippen molar-refractivity contribution in [3.05, 3.63) is 10.6 Å². The maximum atomic E-state index is 11.2. The van der Waals surface area contributed by atoms with E-state index < -0.39 is 5.97 Å². The van der Waals surface area contributed by atoms with Crippen molar-refractivity contribution in [3.8, 4) is 0 Å². The summed E-state index contributed by atoms with van der Waals surface area (Å²) in [6.07, 6.45) is 1.59. The van der Waals surface area contributed by atoms with Gasteiger partial charge in [0.25, 0.3) is 0 Å². The van der Waals surface area contributed by atoms with E-state index >= 15 is 0 Å². The number of carboxylic acids is 1. The Kier molecular flexibility index (Phi) is 6.24. The minimum absolute atomic E-state index is 0.178. The second-order valence-electron chi connectivity index (χ2n) is 4.42. The highest BCUT2D eigenvalue weighted by Gasteiger charge is 2.22. The average molecular weight is 286 g/mol. The predicted octanol–water partition coefficient (Wildman–Crippen LogP) is 2.66. The maximum absolute atomic E-state index is 11.2. The van der Waals surface area contributed by atoms with Crippen LogP contribution in [0.2, 0.25) is 0 Å². The highest BCUT2D eigenvalue weighted by molar-refractivity contribution is 7.17. The first kappa shape index (κ1) is 15.9. The van der Waals surface area contributed by atoms with Crippen LogP contribution in [0.3, 0.4) is 0 Å². The molecule has 1 aromatic rings. The van der Waals surface area contributed by atoms with Crippen molar-refractivity contribution in [2.75, 3.05) is 25.2 Å². The van der Waals surface area contributed by atoms with Crippen LogP contribution in [0.1, 0.15) is 42.6 Å². The lowest BCUT2D eigenvalue weighted by Crippen LogP contribution is -2.36. The van der Waals surface area contributed by atoms with Gasteiger partial charge in [0.05, 0.1) is 18.3 Å². The summed E-state index contributed by atoms with van der Waals surface area (Å²) >= 11 is 1.25. The Balaban J connectivity index is 3.04. The number of nitrogens with zero attached hydrogens (tertiary/aromatic N) is 2. The molecule has 6 heteroatoms. The summed E-state index contributed by atoms with van der Waals surface area (Å²) in [7, 11) is 1.66. The zero-order valence-corrected chi connectivity index (χ0v) is 12.8. The van der Waals surface area contributed by atoms with Gasteiger partial charge in [-0.25, -0.2) is 9.78 Å². The van der Waals surface area contributed by atoms with E-state index in [1.807, 2.05) is 20.8 Å². The maximum Gasteiger partial charge on any atom is 0.347 e. The number of rotatable bonds is 8. The Morgan fingerprint density at radius 1 is 1.53 bits per heavy atom. The fourth-order valence-electron chi connectivity index (χ4n) is 2.00. The number of anilines is 1. The summed E-state index contributed by atoms with van der Waals surface area (Å²) in [6.45, 7) is 7.49. The zero-order chi connectivity index (χ0) is 14.4. The molecule has 5 nitrogen and oxygen atoms in total. The van der Waals surface area contributed by atoms with E-state index in [1.54, 1.807) is 7.11 Å². The first-order valence-electron chi connectivity index (χ1n) is 6.53. The van der Waals surface area contributed by atoms with Crippen molar-refractivity contribution in [1.82, 2.24) is 4.98 Å². The number of likely N-dealkylation sites (N-methyl/N-ethyl adjacent to an activating group) is 1. The number of hydrogen-bond acceptors (Lipinski definition) is 5. The fourth-order valence-corrected chi connectivity index (χ4v) is 3.12. The highest BCUT2D eigenvalue weighted by atomic mass is 32.1. The van der Waals surface area contributed by atoms with Crippen LogP contribution in [0, 0.1) is 0 Å². The van der Waals surface area contributed by atoms with Gasteiger partial charge >= 0.3 is 5.97 Å². The lowest BCUT2D eigenvalue weighted by molar-refractivity contribution is 0.0700. The number of ether oxygens (including phenoxy) is 1. The van der Waals surface area contributed by atoms with E-state index in [-0.39, 0.29) is 6.04 Å². The molecular weight excluding hydrogens is 264 g/mol. The van der Waals surface area contributed by atoms with Crippen molar-refractivity contribution >= 4 is 22.4 Å². The van der Waals surface area contributed by atoms with Crippen LogP contribution in [-0.2, 0) is 11.2 Å². The largest absolute Gasteiger partial charge is 0.477 e. The lowest BCUT2D eigenvalue weighted by atomic mass is 10.2. The third kappa shape index (κ3) is 3.91. The molecule has 0 aliphatic rings. The van der Waals surface area contributed by atoms with Crippen molar-refractivity contribution in [1.29, 1.82) is 0 Å². The summed E-state index contributed by atoms with van der Waals surface area (Å²) in [5.74, 6) is -0.886. The average Bonchev–Trinajstić information content (AvgIpc) is 2.75. The molecule has 1 rings (SSSR count). The second kappa shape index (κ2) is 7.45. The molecular formula is C13H22N2O3S. The number of aromatic nitrogens is 1. The summed E-state index contributed by atoms with van der Waals surface area (Å²) in [4.78, 5) is 18.2. The number of carbonyl (C=O) groups is 1. The Bertz CT molecular complexity index is 420. The molecule has 1 atom stereocenters. The number of hydrogen-bond donors (Lipinski definition) is 1. The van der Waals surface area contributed by atoms with Gasteiger partial charge in [0.2, 0.25) is 0 Å². The molecule has 0 bridgehead atoms. The van der Waals surface area contributed by atoms with Crippen LogP contribution in [0.15, 0.2) is 0 Å². The molecule has 1 heterocycles. The van der Waals surface area contributed by atoms with Crippen LogP contribution in [-0.4, -0.2) is 42.4 Å². The van der Waals surface area contributed by atoms with Crippen LogP contribution in [0.4, 0.5) is 5.13 Å². The van der Waals surface area contributed by atoms with E-state index in [2.05, 4.69) is 9.88 Å². The zero-order valence-electron chi connectivity index (χ0n) is 12.0. The summed E-state index contributed by atoms with van der Waals surface area (Å²) in [5, 5.41) is 10.0. The minimum Gasteiger partial charge on any atom is -0.477 e. The smallest absolute Gasteiger partial charge is 0.347 e. The molecule has 108 valence electrons. The molecule has 0 aromatic carbocycles. The van der Waals surface area contributed by atoms with Crippen LogP contribution in [0.5, 0.6) is 0 Å². The molecule has 0 amide bonds. The SMILES string of the molecule is CCCc1nc(N(CC)C(C)COC)sc1C(=O)O.